The molecule has 0 aliphatic rings. The smallest absolute Gasteiger partial charge is 0.242 e. The Morgan fingerprint density at radius 1 is 0.964 bits per heavy atom. The molecule has 0 aliphatic heterocycles. The number of nitrogens with zero attached hydrogens (tertiary/aromatic N) is 1. The van der Waals surface area contributed by atoms with Crippen molar-refractivity contribution >= 4 is 11.8 Å². The first kappa shape index (κ1) is 21.7. The van der Waals surface area contributed by atoms with E-state index in [0.29, 0.717) is 25.9 Å². The maximum atomic E-state index is 13.2. The normalized spacial score (nSPS) is 11.7. The summed E-state index contributed by atoms with van der Waals surface area (Å²) in [6.45, 7) is 7.18. The van der Waals surface area contributed by atoms with Crippen LogP contribution in [0.4, 0.5) is 0 Å². The minimum atomic E-state index is -0.464. The molecule has 0 aliphatic carbocycles. The van der Waals surface area contributed by atoms with Gasteiger partial charge in [-0.15, -0.1) is 0 Å². The Hall–Kier alpha value is -2.62. The van der Waals surface area contributed by atoms with Crippen LogP contribution in [0, 0.1) is 6.92 Å². The Kier molecular flexibility index (Phi) is 8.73. The molecule has 1 N–H and O–H groups in total. The van der Waals surface area contributed by atoms with Gasteiger partial charge in [-0.05, 0) is 30.9 Å². The number of amides is 2. The Morgan fingerprint density at radius 3 is 2.25 bits per heavy atom. The first-order valence-corrected chi connectivity index (χ1v) is 10.2. The summed E-state index contributed by atoms with van der Waals surface area (Å²) >= 11 is 0. The Labute approximate surface area is 169 Å². The van der Waals surface area contributed by atoms with Gasteiger partial charge in [-0.2, -0.15) is 0 Å². The second kappa shape index (κ2) is 11.3. The summed E-state index contributed by atoms with van der Waals surface area (Å²) in [5.74, 6) is -0.0891. The lowest BCUT2D eigenvalue weighted by Gasteiger charge is -2.31. The van der Waals surface area contributed by atoms with Crippen LogP contribution >= 0.6 is 0 Å². The number of aryl methyl sites for hydroxylation is 1. The molecule has 0 bridgehead atoms. The van der Waals surface area contributed by atoms with E-state index in [9.17, 15) is 9.59 Å². The predicted octanol–water partition coefficient (Wildman–Crippen LogP) is 4.26. The van der Waals surface area contributed by atoms with Crippen molar-refractivity contribution in [3.8, 4) is 0 Å². The lowest BCUT2D eigenvalue weighted by molar-refractivity contribution is -0.140. The van der Waals surface area contributed by atoms with Crippen molar-refractivity contribution in [3.63, 3.8) is 0 Å². The summed E-state index contributed by atoms with van der Waals surface area (Å²) in [5.41, 5.74) is 3.17. The van der Waals surface area contributed by atoms with Crippen LogP contribution in [0.25, 0.3) is 0 Å². The van der Waals surface area contributed by atoms with Crippen molar-refractivity contribution < 1.29 is 9.59 Å². The SMILES string of the molecule is CCCCNC(=O)C(CC)N(Cc1ccc(C)cc1)C(=O)Cc1ccccc1. The van der Waals surface area contributed by atoms with E-state index in [1.807, 2.05) is 68.4 Å². The molecule has 0 radical (unpaired) electrons. The average Bonchev–Trinajstić information content (AvgIpc) is 2.70. The van der Waals surface area contributed by atoms with Crippen LogP contribution in [0.3, 0.4) is 0 Å². The van der Waals surface area contributed by atoms with Crippen molar-refractivity contribution in [2.24, 2.45) is 0 Å². The molecule has 2 rings (SSSR count). The summed E-state index contributed by atoms with van der Waals surface area (Å²) in [6, 6.07) is 17.4. The number of carbonyl (C=O) groups is 2. The Bertz CT molecular complexity index is 741. The summed E-state index contributed by atoms with van der Waals surface area (Å²) in [4.78, 5) is 27.7. The molecule has 2 aromatic rings. The third-order valence-electron chi connectivity index (χ3n) is 4.89. The number of nitrogens with one attached hydrogen (secondary N) is 1. The van der Waals surface area contributed by atoms with Crippen LogP contribution in [0.1, 0.15) is 49.8 Å². The number of hydrogen-bond donors (Lipinski definition) is 1. The second-order valence-electron chi connectivity index (χ2n) is 7.24. The van der Waals surface area contributed by atoms with Crippen LogP contribution < -0.4 is 5.32 Å². The van der Waals surface area contributed by atoms with Gasteiger partial charge in [0.1, 0.15) is 6.04 Å². The van der Waals surface area contributed by atoms with E-state index in [4.69, 9.17) is 0 Å². The number of unbranched alkanes of at least 4 members (excludes halogenated alkanes) is 1. The standard InChI is InChI=1S/C24H32N2O2/c1-4-6-16-25-24(28)22(5-2)26(18-21-14-12-19(3)13-15-21)23(27)17-20-10-8-7-9-11-20/h7-15,22H,4-6,16-18H2,1-3H3,(H,25,28). The minimum absolute atomic E-state index is 0.0238. The maximum Gasteiger partial charge on any atom is 0.242 e. The van der Waals surface area contributed by atoms with Crippen LogP contribution in [-0.2, 0) is 22.6 Å². The van der Waals surface area contributed by atoms with E-state index in [2.05, 4.69) is 12.2 Å². The molecule has 0 saturated carbocycles. The molecule has 28 heavy (non-hydrogen) atoms. The topological polar surface area (TPSA) is 49.4 Å². The Balaban J connectivity index is 2.21. The second-order valence-corrected chi connectivity index (χ2v) is 7.24. The fourth-order valence-electron chi connectivity index (χ4n) is 3.19. The summed E-state index contributed by atoms with van der Waals surface area (Å²) < 4.78 is 0. The summed E-state index contributed by atoms with van der Waals surface area (Å²) in [6.07, 6.45) is 2.85. The minimum Gasteiger partial charge on any atom is -0.354 e. The van der Waals surface area contributed by atoms with Crippen molar-refractivity contribution in [1.82, 2.24) is 10.2 Å². The van der Waals surface area contributed by atoms with E-state index in [-0.39, 0.29) is 11.8 Å². The van der Waals surface area contributed by atoms with Gasteiger partial charge in [0.05, 0.1) is 6.42 Å². The predicted molar refractivity (Wildman–Crippen MR) is 114 cm³/mol. The fraction of sp³-hybridized carbons (Fsp3) is 0.417. The van der Waals surface area contributed by atoms with Crippen LogP contribution in [0.2, 0.25) is 0 Å². The zero-order valence-electron chi connectivity index (χ0n) is 17.3. The van der Waals surface area contributed by atoms with Crippen LogP contribution in [0.5, 0.6) is 0 Å². The molecule has 0 fully saturated rings. The molecule has 4 nitrogen and oxygen atoms in total. The molecule has 0 spiro atoms. The quantitative estimate of drug-likeness (QED) is 0.626. The van der Waals surface area contributed by atoms with Crippen molar-refractivity contribution in [3.05, 3.63) is 71.3 Å². The van der Waals surface area contributed by atoms with Crippen LogP contribution in [-0.4, -0.2) is 29.3 Å². The van der Waals surface area contributed by atoms with Gasteiger partial charge in [-0.1, -0.05) is 80.4 Å². The van der Waals surface area contributed by atoms with E-state index >= 15 is 0 Å². The van der Waals surface area contributed by atoms with Crippen LogP contribution in [0.15, 0.2) is 54.6 Å². The highest BCUT2D eigenvalue weighted by molar-refractivity contribution is 5.88. The van der Waals surface area contributed by atoms with Gasteiger partial charge in [0, 0.05) is 13.1 Å². The highest BCUT2D eigenvalue weighted by Crippen LogP contribution is 2.15. The Morgan fingerprint density at radius 2 is 1.64 bits per heavy atom. The van der Waals surface area contributed by atoms with Gasteiger partial charge >= 0.3 is 0 Å². The first-order valence-electron chi connectivity index (χ1n) is 10.2. The van der Waals surface area contributed by atoms with E-state index < -0.39 is 6.04 Å². The van der Waals surface area contributed by atoms with Crippen molar-refractivity contribution in [2.45, 2.75) is 59.0 Å². The molecule has 2 amide bonds. The molecule has 0 aromatic heterocycles. The van der Waals surface area contributed by atoms with Gasteiger partial charge in [-0.25, -0.2) is 0 Å². The first-order chi connectivity index (χ1) is 13.5. The third kappa shape index (κ3) is 6.52. The third-order valence-corrected chi connectivity index (χ3v) is 4.89. The summed E-state index contributed by atoms with van der Waals surface area (Å²) in [5, 5.41) is 3.00. The highest BCUT2D eigenvalue weighted by Gasteiger charge is 2.28. The summed E-state index contributed by atoms with van der Waals surface area (Å²) in [7, 11) is 0. The molecular formula is C24H32N2O2. The molecule has 1 atom stereocenters. The highest BCUT2D eigenvalue weighted by atomic mass is 16.2. The van der Waals surface area contributed by atoms with E-state index in [0.717, 1.165) is 24.0 Å². The monoisotopic (exact) mass is 380 g/mol. The maximum absolute atomic E-state index is 13.2. The molecular weight excluding hydrogens is 348 g/mol. The lowest BCUT2D eigenvalue weighted by Crippen LogP contribution is -2.49. The van der Waals surface area contributed by atoms with Gasteiger partial charge < -0.3 is 10.2 Å². The molecule has 1 unspecified atom stereocenters. The van der Waals surface area contributed by atoms with E-state index in [1.165, 1.54) is 5.56 Å². The van der Waals surface area contributed by atoms with E-state index in [1.54, 1.807) is 4.90 Å². The van der Waals surface area contributed by atoms with Crippen molar-refractivity contribution in [2.75, 3.05) is 6.54 Å². The molecule has 0 heterocycles. The largest absolute Gasteiger partial charge is 0.354 e. The molecule has 4 heteroatoms. The number of hydrogen-bond acceptors (Lipinski definition) is 2. The number of benzene rings is 2. The van der Waals surface area contributed by atoms with Gasteiger partial charge in [0.15, 0.2) is 0 Å². The lowest BCUT2D eigenvalue weighted by atomic mass is 10.1. The van der Waals surface area contributed by atoms with Crippen molar-refractivity contribution in [1.29, 1.82) is 0 Å². The van der Waals surface area contributed by atoms with Gasteiger partial charge in [0.25, 0.3) is 0 Å². The van der Waals surface area contributed by atoms with Gasteiger partial charge in [-0.3, -0.25) is 9.59 Å². The zero-order valence-corrected chi connectivity index (χ0v) is 17.3. The molecule has 150 valence electrons. The number of rotatable bonds is 10. The molecule has 2 aromatic carbocycles. The average molecular weight is 381 g/mol. The molecule has 0 saturated heterocycles. The number of carbonyl (C=O) groups excluding carboxylic acids is 2. The fourth-order valence-corrected chi connectivity index (χ4v) is 3.19. The zero-order chi connectivity index (χ0) is 20.4. The van der Waals surface area contributed by atoms with Gasteiger partial charge in [0.2, 0.25) is 11.8 Å².